The van der Waals surface area contributed by atoms with Crippen molar-refractivity contribution in [3.05, 3.63) is 65.7 Å². The van der Waals surface area contributed by atoms with E-state index >= 15 is 4.39 Å². The second-order valence-electron chi connectivity index (χ2n) is 8.46. The number of halogens is 1. The maximum absolute atomic E-state index is 15.1. The van der Waals surface area contributed by atoms with Crippen LogP contribution in [0.1, 0.15) is 35.7 Å². The lowest BCUT2D eigenvalue weighted by Crippen LogP contribution is -2.51. The highest BCUT2D eigenvalue weighted by Crippen LogP contribution is 2.29. The fourth-order valence-corrected chi connectivity index (χ4v) is 4.47. The quantitative estimate of drug-likeness (QED) is 0.492. The topological polar surface area (TPSA) is 89.1 Å². The number of benzene rings is 2. The predicted octanol–water partition coefficient (Wildman–Crippen LogP) is 4.21. The zero-order valence-electron chi connectivity index (χ0n) is 18.5. The van der Waals surface area contributed by atoms with Gasteiger partial charge >= 0.3 is 0 Å². The average Bonchev–Trinajstić information content (AvgIpc) is 3.49. The molecule has 1 fully saturated rings. The first kappa shape index (κ1) is 21.1. The zero-order valence-corrected chi connectivity index (χ0v) is 18.5. The van der Waals surface area contributed by atoms with Crippen molar-refractivity contribution in [2.45, 2.75) is 32.7 Å². The molecule has 0 bridgehead atoms. The molecular weight excluding hydrogens is 423 g/mol. The number of nitrogens with zero attached hydrogens (tertiary/aromatic N) is 5. The van der Waals surface area contributed by atoms with Gasteiger partial charge in [-0.25, -0.2) is 4.39 Å². The minimum atomic E-state index is -0.497. The molecular formula is C24H25FN6O2. The zero-order chi connectivity index (χ0) is 22.9. The van der Waals surface area contributed by atoms with Crippen LogP contribution in [-0.4, -0.2) is 49.9 Å². The summed E-state index contributed by atoms with van der Waals surface area (Å²) in [4.78, 5) is 21.2. The van der Waals surface area contributed by atoms with Crippen LogP contribution in [0.2, 0.25) is 0 Å². The monoisotopic (exact) mass is 448 g/mol. The van der Waals surface area contributed by atoms with Crippen LogP contribution < -0.4 is 5.32 Å². The van der Waals surface area contributed by atoms with Gasteiger partial charge in [0.15, 0.2) is 11.4 Å². The molecule has 8 nitrogen and oxygen atoms in total. The summed E-state index contributed by atoms with van der Waals surface area (Å²) in [6.45, 7) is 4.85. The van der Waals surface area contributed by atoms with Crippen LogP contribution in [-0.2, 0) is 0 Å². The summed E-state index contributed by atoms with van der Waals surface area (Å²) in [7, 11) is 0. The molecule has 2 aromatic heterocycles. The van der Waals surface area contributed by atoms with Gasteiger partial charge in [-0.1, -0.05) is 25.1 Å². The van der Waals surface area contributed by atoms with Gasteiger partial charge in [0, 0.05) is 13.1 Å². The van der Waals surface area contributed by atoms with Crippen molar-refractivity contribution in [2.24, 2.45) is 5.92 Å². The summed E-state index contributed by atoms with van der Waals surface area (Å²) in [5.41, 5.74) is 2.23. The molecule has 4 aromatic rings. The van der Waals surface area contributed by atoms with Crippen LogP contribution >= 0.6 is 0 Å². The molecule has 5 rings (SSSR count). The number of nitrogens with one attached hydrogen (secondary N) is 1. The third-order valence-corrected chi connectivity index (χ3v) is 6.29. The molecule has 0 unspecified atom stereocenters. The van der Waals surface area contributed by atoms with Gasteiger partial charge in [-0.15, -0.1) is 4.80 Å². The molecule has 2 atom stereocenters. The Morgan fingerprint density at radius 1 is 1.21 bits per heavy atom. The summed E-state index contributed by atoms with van der Waals surface area (Å²) < 4.78 is 20.9. The summed E-state index contributed by atoms with van der Waals surface area (Å²) >= 11 is 0. The van der Waals surface area contributed by atoms with Gasteiger partial charge in [-0.3, -0.25) is 4.79 Å². The maximum atomic E-state index is 15.1. The highest BCUT2D eigenvalue weighted by Gasteiger charge is 2.34. The molecule has 3 heterocycles. The number of carbonyl (C=O) groups excluding carboxylic acids is 1. The van der Waals surface area contributed by atoms with Crippen molar-refractivity contribution in [3.8, 4) is 5.69 Å². The van der Waals surface area contributed by atoms with Crippen molar-refractivity contribution in [2.75, 3.05) is 18.4 Å². The highest BCUT2D eigenvalue weighted by molar-refractivity contribution is 5.98. The Morgan fingerprint density at radius 2 is 2.00 bits per heavy atom. The SMILES string of the molecule is Cc1ccc(C(=O)N2CCC[C@@H](C)[C@H]2CNc2nc3ccccc3o2)c(-n2nccn2)c1F. The van der Waals surface area contributed by atoms with Gasteiger partial charge in [0.05, 0.1) is 24.0 Å². The molecule has 1 aliphatic rings. The predicted molar refractivity (Wildman–Crippen MR) is 122 cm³/mol. The molecule has 33 heavy (non-hydrogen) atoms. The van der Waals surface area contributed by atoms with E-state index in [4.69, 9.17) is 4.42 Å². The van der Waals surface area contributed by atoms with E-state index in [2.05, 4.69) is 27.4 Å². The molecule has 1 N–H and O–H groups in total. The summed E-state index contributed by atoms with van der Waals surface area (Å²) in [6, 6.07) is 11.1. The molecule has 9 heteroatoms. The summed E-state index contributed by atoms with van der Waals surface area (Å²) in [6.07, 6.45) is 4.81. The van der Waals surface area contributed by atoms with E-state index in [0.29, 0.717) is 30.3 Å². The van der Waals surface area contributed by atoms with E-state index in [1.807, 2.05) is 29.2 Å². The van der Waals surface area contributed by atoms with E-state index in [1.54, 1.807) is 19.1 Å². The van der Waals surface area contributed by atoms with Gasteiger partial charge in [0.1, 0.15) is 11.2 Å². The standard InChI is InChI=1S/C24H25FN6O2/c1-15-6-5-13-30(19(15)14-26-24-29-18-7-3-4-8-20(18)33-24)23(32)17-10-9-16(2)21(25)22(17)31-27-11-12-28-31/h3-4,7-12,15,19H,5-6,13-14H2,1-2H3,(H,26,29)/t15-,19-/m1/s1. The fourth-order valence-electron chi connectivity index (χ4n) is 4.47. The minimum absolute atomic E-state index is 0.0777. The number of amides is 1. The number of likely N-dealkylation sites (tertiary alicyclic amines) is 1. The van der Waals surface area contributed by atoms with E-state index < -0.39 is 5.82 Å². The number of para-hydroxylation sites is 2. The lowest BCUT2D eigenvalue weighted by atomic mass is 9.90. The van der Waals surface area contributed by atoms with Crippen LogP contribution in [0.25, 0.3) is 16.8 Å². The van der Waals surface area contributed by atoms with Crippen molar-refractivity contribution in [1.82, 2.24) is 24.9 Å². The Morgan fingerprint density at radius 3 is 2.79 bits per heavy atom. The number of fused-ring (bicyclic) bond motifs is 1. The molecule has 170 valence electrons. The number of piperidine rings is 1. The van der Waals surface area contributed by atoms with Crippen LogP contribution in [0.4, 0.5) is 10.4 Å². The molecule has 2 aromatic carbocycles. The van der Waals surface area contributed by atoms with Crippen LogP contribution in [0.15, 0.2) is 53.2 Å². The second kappa shape index (κ2) is 8.65. The second-order valence-corrected chi connectivity index (χ2v) is 8.46. The molecule has 0 aliphatic carbocycles. The Labute approximate surface area is 190 Å². The number of rotatable bonds is 5. The number of aryl methyl sites for hydroxylation is 1. The summed E-state index contributed by atoms with van der Waals surface area (Å²) in [5, 5.41) is 11.4. The number of hydrogen-bond acceptors (Lipinski definition) is 6. The maximum Gasteiger partial charge on any atom is 0.295 e. The van der Waals surface area contributed by atoms with E-state index in [9.17, 15) is 4.79 Å². The molecule has 1 saturated heterocycles. The number of carbonyl (C=O) groups is 1. The third kappa shape index (κ3) is 3.94. The van der Waals surface area contributed by atoms with Gasteiger partial charge in [0.2, 0.25) is 0 Å². The van der Waals surface area contributed by atoms with Crippen LogP contribution in [0.5, 0.6) is 0 Å². The lowest BCUT2D eigenvalue weighted by Gasteiger charge is -2.40. The highest BCUT2D eigenvalue weighted by atomic mass is 19.1. The van der Waals surface area contributed by atoms with Crippen molar-refractivity contribution in [3.63, 3.8) is 0 Å². The molecule has 0 spiro atoms. The average molecular weight is 449 g/mol. The van der Waals surface area contributed by atoms with E-state index in [0.717, 1.165) is 18.4 Å². The third-order valence-electron chi connectivity index (χ3n) is 6.29. The lowest BCUT2D eigenvalue weighted by molar-refractivity contribution is 0.0538. The first-order valence-corrected chi connectivity index (χ1v) is 11.1. The fraction of sp³-hybridized carbons (Fsp3) is 0.333. The molecule has 0 radical (unpaired) electrons. The Balaban J connectivity index is 1.43. The smallest absolute Gasteiger partial charge is 0.295 e. The Kier molecular flexibility index (Phi) is 5.53. The van der Waals surface area contributed by atoms with Gasteiger partial charge in [0.25, 0.3) is 11.9 Å². The van der Waals surface area contributed by atoms with E-state index in [1.165, 1.54) is 17.2 Å². The summed E-state index contributed by atoms with van der Waals surface area (Å²) in [5.74, 6) is -0.485. The molecule has 1 aliphatic heterocycles. The van der Waals surface area contributed by atoms with Gasteiger partial charge < -0.3 is 14.6 Å². The normalized spacial score (nSPS) is 18.6. The number of anilines is 1. The van der Waals surface area contributed by atoms with Crippen molar-refractivity contribution >= 4 is 23.0 Å². The van der Waals surface area contributed by atoms with Crippen LogP contribution in [0, 0.1) is 18.7 Å². The molecule has 0 saturated carbocycles. The first-order valence-electron chi connectivity index (χ1n) is 11.1. The van der Waals surface area contributed by atoms with Crippen molar-refractivity contribution < 1.29 is 13.6 Å². The Hall–Kier alpha value is -3.75. The largest absolute Gasteiger partial charge is 0.424 e. The van der Waals surface area contributed by atoms with E-state index in [-0.39, 0.29) is 29.1 Å². The number of aromatic nitrogens is 4. The van der Waals surface area contributed by atoms with Crippen molar-refractivity contribution in [1.29, 1.82) is 0 Å². The first-order chi connectivity index (χ1) is 16.0. The number of hydrogen-bond donors (Lipinski definition) is 1. The Bertz CT molecular complexity index is 1250. The molecule has 1 amide bonds. The van der Waals surface area contributed by atoms with Gasteiger partial charge in [-0.05, 0) is 49.4 Å². The van der Waals surface area contributed by atoms with Crippen LogP contribution in [0.3, 0.4) is 0 Å². The number of oxazole rings is 1. The minimum Gasteiger partial charge on any atom is -0.424 e. The van der Waals surface area contributed by atoms with Gasteiger partial charge in [-0.2, -0.15) is 15.2 Å².